The molecule has 2 rings (SSSR count). The predicted molar refractivity (Wildman–Crippen MR) is 339 cm³/mol. The lowest BCUT2D eigenvalue weighted by atomic mass is 9.86. The molecule has 0 unspecified atom stereocenters. The Kier molecular flexibility index (Phi) is 32.1. The van der Waals surface area contributed by atoms with Crippen LogP contribution >= 0.6 is 11.6 Å². The van der Waals surface area contributed by atoms with E-state index in [0.29, 0.717) is 12.7 Å². The second-order valence-corrected chi connectivity index (χ2v) is 27.1. The molecule has 1 fully saturated rings. The molecule has 10 amide bonds. The topological polar surface area (TPSA) is 259 Å². The van der Waals surface area contributed by atoms with Crippen molar-refractivity contribution >= 4 is 77.0 Å². The molecule has 0 aromatic heterocycles. The van der Waals surface area contributed by atoms with Crippen LogP contribution in [0.15, 0.2) is 18.2 Å². The first kappa shape index (κ1) is 81.6. The lowest BCUT2D eigenvalue weighted by molar-refractivity contribution is -0.149. The summed E-state index contributed by atoms with van der Waals surface area (Å²) in [6.45, 7) is 16.8. The SMILES string of the molecule is CC[C@H](C)[C@@H]1NC(=O)[C@H](CC(C)C)N(C)C(=O)C[C@@H](C)NC(=O)[C@H](CC(C)C)N(C)C(=O)C(C)(C)NC[C@](C=O)(CC(C)C)N(C)C(=O)[C@H](CCc2ccc(C(F)(F)F)c(Cl)c2)NC(=O)CN(C)C(=O)[C@H](CCCCC(F)F)N(C)C(=O)CN(C)C(=O)CN(C)C1=O. The van der Waals surface area contributed by atoms with Gasteiger partial charge >= 0.3 is 6.18 Å². The van der Waals surface area contributed by atoms with Crippen molar-refractivity contribution in [2.24, 2.45) is 23.7 Å². The number of hydrogen-bond donors (Lipinski definition) is 4. The fraction of sp³-hybridized carbons (Fsp3) is 0.734. The maximum Gasteiger partial charge on any atom is 0.417 e. The average Bonchev–Trinajstić information content (AvgIpc) is 0.812. The number of benzene rings is 1. The zero-order valence-corrected chi connectivity index (χ0v) is 57.9. The molecular weight excluding hydrogens is 1230 g/mol. The van der Waals surface area contributed by atoms with Crippen molar-refractivity contribution in [2.45, 2.75) is 207 Å². The van der Waals surface area contributed by atoms with Crippen molar-refractivity contribution in [1.29, 1.82) is 0 Å². The van der Waals surface area contributed by atoms with Crippen molar-refractivity contribution in [3.8, 4) is 0 Å². The van der Waals surface area contributed by atoms with Crippen LogP contribution in [-0.4, -0.2) is 229 Å². The molecule has 522 valence electrons. The van der Waals surface area contributed by atoms with E-state index in [-0.39, 0.29) is 87.6 Å². The Hall–Kier alpha value is -6.51. The summed E-state index contributed by atoms with van der Waals surface area (Å²) in [4.78, 5) is 165. The zero-order chi connectivity index (χ0) is 70.7. The maximum atomic E-state index is 15.1. The van der Waals surface area contributed by atoms with Gasteiger partial charge < -0.3 is 60.4 Å². The van der Waals surface area contributed by atoms with Crippen LogP contribution in [0, 0.1) is 23.7 Å². The summed E-state index contributed by atoms with van der Waals surface area (Å²) in [5.74, 6) is -8.29. The van der Waals surface area contributed by atoms with Gasteiger partial charge in [0.15, 0.2) is 0 Å². The first-order valence-corrected chi connectivity index (χ1v) is 31.9. The van der Waals surface area contributed by atoms with Gasteiger partial charge in [0.05, 0.1) is 35.8 Å². The van der Waals surface area contributed by atoms with Gasteiger partial charge in [0, 0.05) is 74.8 Å². The van der Waals surface area contributed by atoms with Crippen LogP contribution in [0.1, 0.15) is 151 Å². The number of unbranched alkanes of at least 4 members (excludes halogenated alkanes) is 1. The summed E-state index contributed by atoms with van der Waals surface area (Å²) >= 11 is 6.08. The van der Waals surface area contributed by atoms with E-state index in [1.807, 2.05) is 27.7 Å². The number of amides is 10. The van der Waals surface area contributed by atoms with Crippen LogP contribution < -0.4 is 21.3 Å². The molecule has 0 bridgehead atoms. The zero-order valence-electron chi connectivity index (χ0n) is 57.2. The number of aryl methyl sites for hydroxylation is 1. The second kappa shape index (κ2) is 36.2. The molecular formula is C64H103ClF5N11O11. The van der Waals surface area contributed by atoms with Crippen molar-refractivity contribution in [2.75, 3.05) is 75.5 Å². The fourth-order valence-electron chi connectivity index (χ4n) is 11.0. The number of aldehydes is 1. The summed E-state index contributed by atoms with van der Waals surface area (Å²) in [6, 6.07) is -4.20. The van der Waals surface area contributed by atoms with Crippen molar-refractivity contribution in [1.82, 2.24) is 55.6 Å². The molecule has 4 N–H and O–H groups in total. The highest BCUT2D eigenvalue weighted by Gasteiger charge is 2.45. The number of hydrogen-bond acceptors (Lipinski definition) is 12. The van der Waals surface area contributed by atoms with E-state index in [0.717, 1.165) is 42.7 Å². The van der Waals surface area contributed by atoms with E-state index in [9.17, 15) is 69.9 Å². The first-order valence-electron chi connectivity index (χ1n) is 31.5. The Balaban J connectivity index is 2.92. The predicted octanol–water partition coefficient (Wildman–Crippen LogP) is 5.80. The second-order valence-electron chi connectivity index (χ2n) is 26.7. The minimum atomic E-state index is -4.79. The third-order valence-corrected chi connectivity index (χ3v) is 17.2. The van der Waals surface area contributed by atoms with Crippen LogP contribution in [0.3, 0.4) is 0 Å². The molecule has 22 nitrogen and oxygen atoms in total. The number of rotatable bonds is 17. The van der Waals surface area contributed by atoms with E-state index in [1.165, 1.54) is 73.0 Å². The number of halogens is 6. The average molecular weight is 1330 g/mol. The smallest absolute Gasteiger partial charge is 0.351 e. The van der Waals surface area contributed by atoms with E-state index < -0.39 is 162 Å². The summed E-state index contributed by atoms with van der Waals surface area (Å²) in [6.07, 6.45) is -7.72. The van der Waals surface area contributed by atoms with Crippen LogP contribution in [0.25, 0.3) is 0 Å². The lowest BCUT2D eigenvalue weighted by Gasteiger charge is -2.43. The number of nitrogens with zero attached hydrogens (tertiary/aromatic N) is 7. The molecule has 1 aromatic rings. The Labute approximate surface area is 545 Å². The lowest BCUT2D eigenvalue weighted by Crippen LogP contribution is -2.66. The standard InChI is InChI=1S/C64H103ClF5N11O11/c1-19-41(8)55-60(91)77(14)34-53(85)75(12)35-54(86)78(15)47(22-20-21-23-50(66)67)59(90)76(13)33-51(83)73-46(27-25-43-24-26-44(45(65)31-43)64(68,69)70)58(89)81(18)63(37-82,32-40(6)7)36-71-62(10,11)61(92)80(17)49(29-39(4)5)56(87)72-42(9)30-52(84)79(16)48(28-38(2)3)57(88)74-55/h24,26,31,37-42,46-50,55,71H,19-23,25,27-30,32-36H2,1-18H3,(H,72,87)(H,73,83)(H,74,88)/t41-,42+,46-,47-,48-,49-,55-,63-/m0/s1. The molecule has 0 aliphatic carbocycles. The molecule has 8 atom stereocenters. The monoisotopic (exact) mass is 1330 g/mol. The van der Waals surface area contributed by atoms with Gasteiger partial charge in [-0.3, -0.25) is 47.9 Å². The van der Waals surface area contributed by atoms with Gasteiger partial charge in [0.25, 0.3) is 0 Å². The summed E-state index contributed by atoms with van der Waals surface area (Å²) in [5.41, 5.74) is -4.23. The Morgan fingerprint density at radius 3 is 1.73 bits per heavy atom. The van der Waals surface area contributed by atoms with Crippen molar-refractivity contribution < 1.29 is 74.7 Å². The number of carbonyl (C=O) groups excluding carboxylic acids is 11. The Bertz CT molecular complexity index is 2720. The quantitative estimate of drug-likeness (QED) is 0.0820. The minimum Gasteiger partial charge on any atom is -0.351 e. The molecule has 28 heteroatoms. The molecule has 0 radical (unpaired) electrons. The highest BCUT2D eigenvalue weighted by atomic mass is 35.5. The third kappa shape index (κ3) is 24.1. The van der Waals surface area contributed by atoms with Gasteiger partial charge in [-0.15, -0.1) is 0 Å². The fourth-order valence-corrected chi connectivity index (χ4v) is 11.3. The number of likely N-dealkylation sites (N-methyl/N-ethyl adjacent to an activating group) is 7. The molecule has 1 aliphatic rings. The molecule has 1 saturated heterocycles. The highest BCUT2D eigenvalue weighted by molar-refractivity contribution is 6.31. The molecule has 0 saturated carbocycles. The van der Waals surface area contributed by atoms with E-state index in [1.54, 1.807) is 34.6 Å². The van der Waals surface area contributed by atoms with Gasteiger partial charge in [0.1, 0.15) is 42.0 Å². The van der Waals surface area contributed by atoms with Gasteiger partial charge in [0.2, 0.25) is 65.5 Å². The van der Waals surface area contributed by atoms with E-state index in [4.69, 9.17) is 11.6 Å². The number of nitrogens with one attached hydrogen (secondary N) is 4. The molecule has 1 aromatic carbocycles. The summed E-state index contributed by atoms with van der Waals surface area (Å²) in [7, 11) is 9.29. The van der Waals surface area contributed by atoms with Gasteiger partial charge in [-0.05, 0) is 107 Å². The number of alkyl halides is 5. The largest absolute Gasteiger partial charge is 0.417 e. The van der Waals surface area contributed by atoms with Crippen LogP contribution in [-0.2, 0) is 65.3 Å². The third-order valence-electron chi connectivity index (χ3n) is 16.9. The van der Waals surface area contributed by atoms with Gasteiger partial charge in [-0.25, -0.2) is 8.78 Å². The first-order chi connectivity index (χ1) is 42.5. The van der Waals surface area contributed by atoms with E-state index in [2.05, 4.69) is 21.3 Å². The molecule has 1 heterocycles. The van der Waals surface area contributed by atoms with Crippen LogP contribution in [0.2, 0.25) is 5.02 Å². The minimum absolute atomic E-state index is 0.0103. The Morgan fingerprint density at radius 1 is 0.663 bits per heavy atom. The van der Waals surface area contributed by atoms with Crippen molar-refractivity contribution in [3.63, 3.8) is 0 Å². The van der Waals surface area contributed by atoms with Gasteiger partial charge in [-0.1, -0.05) is 85.9 Å². The number of carbonyl (C=O) groups is 11. The molecule has 92 heavy (non-hydrogen) atoms. The van der Waals surface area contributed by atoms with Crippen molar-refractivity contribution in [3.05, 3.63) is 34.3 Å². The maximum absolute atomic E-state index is 15.1. The summed E-state index contributed by atoms with van der Waals surface area (Å²) < 4.78 is 68.0. The summed E-state index contributed by atoms with van der Waals surface area (Å²) in [5, 5.41) is 10.9. The normalized spacial score (nSPS) is 24.5. The van der Waals surface area contributed by atoms with E-state index >= 15 is 4.79 Å². The van der Waals surface area contributed by atoms with Gasteiger partial charge in [-0.2, -0.15) is 13.2 Å². The van der Waals surface area contributed by atoms with Crippen LogP contribution in [0.4, 0.5) is 22.0 Å². The Morgan fingerprint density at radius 2 is 1.21 bits per heavy atom. The molecule has 1 aliphatic heterocycles. The highest BCUT2D eigenvalue weighted by Crippen LogP contribution is 2.35. The molecule has 0 spiro atoms. The van der Waals surface area contributed by atoms with Crippen LogP contribution in [0.5, 0.6) is 0 Å².